The fourth-order valence-corrected chi connectivity index (χ4v) is 2.85. The molecule has 0 bridgehead atoms. The molecule has 0 radical (unpaired) electrons. The largest absolute Gasteiger partial charge is 0.391 e. The van der Waals surface area contributed by atoms with Gasteiger partial charge in [0.1, 0.15) is 6.04 Å². The third-order valence-electron chi connectivity index (χ3n) is 3.04. The summed E-state index contributed by atoms with van der Waals surface area (Å²) in [5.41, 5.74) is 5.88. The molecule has 1 aromatic carbocycles. The van der Waals surface area contributed by atoms with Crippen LogP contribution >= 0.6 is 35.4 Å². The minimum atomic E-state index is -0.632. The van der Waals surface area contributed by atoms with Crippen LogP contribution in [0.3, 0.4) is 0 Å². The molecule has 0 spiro atoms. The Morgan fingerprint density at radius 2 is 2.20 bits per heavy atom. The monoisotopic (exact) mass is 333 g/mol. The quantitative estimate of drug-likeness (QED) is 0.716. The zero-order valence-corrected chi connectivity index (χ0v) is 12.7. The average Bonchev–Trinajstić information content (AvgIpc) is 2.75. The second-order valence-electron chi connectivity index (χ2n) is 4.51. The van der Waals surface area contributed by atoms with E-state index in [4.69, 9.17) is 41.2 Å². The van der Waals surface area contributed by atoms with E-state index in [2.05, 4.69) is 5.32 Å². The molecule has 2 unspecified atom stereocenters. The van der Waals surface area contributed by atoms with Gasteiger partial charge in [0.15, 0.2) is 5.11 Å². The number of likely N-dealkylation sites (tertiary alicyclic amines) is 1. The number of nitrogens with zero attached hydrogens (tertiary/aromatic N) is 1. The second-order valence-corrected chi connectivity index (χ2v) is 5.74. The number of halogens is 2. The van der Waals surface area contributed by atoms with Crippen molar-refractivity contribution in [3.05, 3.63) is 28.2 Å². The van der Waals surface area contributed by atoms with Gasteiger partial charge in [-0.1, -0.05) is 23.2 Å². The molecule has 5 nitrogen and oxygen atoms in total. The van der Waals surface area contributed by atoms with Crippen LogP contribution in [0, 0.1) is 0 Å². The van der Waals surface area contributed by atoms with Crippen LogP contribution in [-0.4, -0.2) is 39.7 Å². The van der Waals surface area contributed by atoms with Gasteiger partial charge in [0.2, 0.25) is 5.91 Å². The number of hydrogen-bond donors (Lipinski definition) is 3. The van der Waals surface area contributed by atoms with Crippen LogP contribution in [-0.2, 0) is 4.79 Å². The summed E-state index contributed by atoms with van der Waals surface area (Å²) in [7, 11) is 0. The second kappa shape index (κ2) is 6.13. The van der Waals surface area contributed by atoms with Crippen molar-refractivity contribution in [1.29, 1.82) is 0 Å². The fourth-order valence-electron chi connectivity index (χ4n) is 2.09. The molecule has 0 aliphatic carbocycles. The van der Waals surface area contributed by atoms with E-state index in [0.29, 0.717) is 15.7 Å². The van der Waals surface area contributed by atoms with Crippen LogP contribution < -0.4 is 11.1 Å². The van der Waals surface area contributed by atoms with E-state index < -0.39 is 18.1 Å². The summed E-state index contributed by atoms with van der Waals surface area (Å²) in [6, 6.07) is 4.32. The van der Waals surface area contributed by atoms with E-state index in [-0.39, 0.29) is 18.1 Å². The van der Waals surface area contributed by atoms with Crippen molar-refractivity contribution >= 4 is 52.1 Å². The smallest absolute Gasteiger partial charge is 0.240 e. The lowest BCUT2D eigenvalue weighted by Crippen LogP contribution is -2.45. The van der Waals surface area contributed by atoms with Gasteiger partial charge in [-0.2, -0.15) is 0 Å². The number of aliphatic hydroxyl groups is 1. The molecule has 4 N–H and O–H groups in total. The lowest BCUT2D eigenvalue weighted by atomic mass is 10.2. The number of amides is 1. The molecule has 20 heavy (non-hydrogen) atoms. The summed E-state index contributed by atoms with van der Waals surface area (Å²) in [6.45, 7) is 0.255. The molecule has 1 saturated heterocycles. The van der Waals surface area contributed by atoms with Gasteiger partial charge in [0.25, 0.3) is 0 Å². The number of nitrogens with one attached hydrogen (secondary N) is 1. The first-order chi connectivity index (χ1) is 9.38. The van der Waals surface area contributed by atoms with Crippen molar-refractivity contribution in [2.24, 2.45) is 5.73 Å². The zero-order valence-electron chi connectivity index (χ0n) is 10.3. The lowest BCUT2D eigenvalue weighted by molar-refractivity contribution is -0.121. The Hall–Kier alpha value is -1.08. The Kier molecular flexibility index (Phi) is 4.70. The molecular weight excluding hydrogens is 321 g/mol. The molecular formula is C12H13Cl2N3O2S. The third-order valence-corrected chi connectivity index (χ3v) is 3.93. The molecule has 1 amide bonds. The number of primary amides is 1. The van der Waals surface area contributed by atoms with Crippen LogP contribution in [0.4, 0.5) is 5.69 Å². The third kappa shape index (κ3) is 3.32. The first kappa shape index (κ1) is 15.3. The van der Waals surface area contributed by atoms with E-state index >= 15 is 0 Å². The highest BCUT2D eigenvalue weighted by Gasteiger charge is 2.36. The van der Waals surface area contributed by atoms with Crippen molar-refractivity contribution in [2.45, 2.75) is 18.6 Å². The number of benzene rings is 1. The number of nitrogens with two attached hydrogens (primary N) is 1. The van der Waals surface area contributed by atoms with Gasteiger partial charge >= 0.3 is 0 Å². The summed E-state index contributed by atoms with van der Waals surface area (Å²) in [5.74, 6) is -0.520. The Morgan fingerprint density at radius 1 is 1.50 bits per heavy atom. The molecule has 0 aromatic heterocycles. The number of rotatable bonds is 2. The summed E-state index contributed by atoms with van der Waals surface area (Å²) in [4.78, 5) is 12.9. The fraction of sp³-hybridized carbons (Fsp3) is 0.333. The molecule has 1 heterocycles. The maximum atomic E-state index is 11.4. The molecule has 1 aliphatic rings. The Morgan fingerprint density at radius 3 is 2.80 bits per heavy atom. The van der Waals surface area contributed by atoms with E-state index in [1.165, 1.54) is 0 Å². The SMILES string of the molecule is NC(=O)C1CC(O)CN1C(=S)Nc1ccc(Cl)cc1Cl. The molecule has 2 rings (SSSR count). The molecule has 0 saturated carbocycles. The van der Waals surface area contributed by atoms with Crippen molar-refractivity contribution in [3.8, 4) is 0 Å². The number of aliphatic hydroxyl groups excluding tert-OH is 1. The number of hydrogen-bond acceptors (Lipinski definition) is 3. The van der Waals surface area contributed by atoms with E-state index in [1.54, 1.807) is 23.1 Å². The number of thiocarbonyl (C=S) groups is 1. The van der Waals surface area contributed by atoms with Crippen LogP contribution in [0.1, 0.15) is 6.42 Å². The Balaban J connectivity index is 2.13. The van der Waals surface area contributed by atoms with Crippen LogP contribution in [0.2, 0.25) is 10.0 Å². The van der Waals surface area contributed by atoms with E-state index in [1.807, 2.05) is 0 Å². The van der Waals surface area contributed by atoms with Gasteiger partial charge in [-0.05, 0) is 30.4 Å². The Bertz CT molecular complexity index is 556. The zero-order chi connectivity index (χ0) is 14.9. The van der Waals surface area contributed by atoms with Gasteiger partial charge in [-0.3, -0.25) is 4.79 Å². The molecule has 8 heteroatoms. The number of anilines is 1. The lowest BCUT2D eigenvalue weighted by Gasteiger charge is -2.25. The first-order valence-corrected chi connectivity index (χ1v) is 7.05. The van der Waals surface area contributed by atoms with Gasteiger partial charge in [-0.25, -0.2) is 0 Å². The summed E-state index contributed by atoms with van der Waals surface area (Å²) in [6.07, 6.45) is -0.362. The van der Waals surface area contributed by atoms with Crippen LogP contribution in [0.25, 0.3) is 0 Å². The van der Waals surface area contributed by atoms with Gasteiger partial charge in [0.05, 0.1) is 16.8 Å². The predicted molar refractivity (Wildman–Crippen MR) is 83.0 cm³/mol. The van der Waals surface area contributed by atoms with Crippen molar-refractivity contribution < 1.29 is 9.90 Å². The van der Waals surface area contributed by atoms with Gasteiger partial charge < -0.3 is 21.1 Å². The highest BCUT2D eigenvalue weighted by molar-refractivity contribution is 7.80. The minimum Gasteiger partial charge on any atom is -0.391 e. The van der Waals surface area contributed by atoms with Gasteiger partial charge in [0, 0.05) is 18.0 Å². The molecule has 108 valence electrons. The number of carbonyl (C=O) groups is 1. The van der Waals surface area contributed by atoms with Crippen molar-refractivity contribution in [1.82, 2.24) is 4.90 Å². The van der Waals surface area contributed by atoms with E-state index in [0.717, 1.165) is 0 Å². The normalized spacial score (nSPS) is 21.9. The Labute approximate surface area is 131 Å². The molecule has 1 fully saturated rings. The summed E-state index contributed by atoms with van der Waals surface area (Å²) >= 11 is 17.1. The maximum absolute atomic E-state index is 11.4. The van der Waals surface area contributed by atoms with Crippen molar-refractivity contribution in [2.75, 3.05) is 11.9 Å². The maximum Gasteiger partial charge on any atom is 0.240 e. The minimum absolute atomic E-state index is 0.255. The summed E-state index contributed by atoms with van der Waals surface area (Å²) < 4.78 is 0. The molecule has 1 aliphatic heterocycles. The highest BCUT2D eigenvalue weighted by Crippen LogP contribution is 2.27. The van der Waals surface area contributed by atoms with Crippen LogP contribution in [0.5, 0.6) is 0 Å². The molecule has 1 aromatic rings. The van der Waals surface area contributed by atoms with Crippen molar-refractivity contribution in [3.63, 3.8) is 0 Å². The topological polar surface area (TPSA) is 78.6 Å². The first-order valence-electron chi connectivity index (χ1n) is 5.88. The van der Waals surface area contributed by atoms with Crippen LogP contribution in [0.15, 0.2) is 18.2 Å². The number of carbonyl (C=O) groups excluding carboxylic acids is 1. The van der Waals surface area contributed by atoms with E-state index in [9.17, 15) is 9.90 Å². The molecule has 2 atom stereocenters. The predicted octanol–water partition coefficient (Wildman–Crippen LogP) is 1.61. The number of β-amino-alcohol motifs (C(OH)–C–C–N with tert-alkyl or cyclic N) is 1. The standard InChI is InChI=1S/C12H13Cl2N3O2S/c13-6-1-2-9(8(14)3-6)16-12(20)17-5-7(18)4-10(17)11(15)19/h1-3,7,10,18H,4-5H2,(H2,15,19)(H,16,20). The summed E-state index contributed by atoms with van der Waals surface area (Å²) in [5, 5.41) is 13.8. The average molecular weight is 334 g/mol. The highest BCUT2D eigenvalue weighted by atomic mass is 35.5. The van der Waals surface area contributed by atoms with Gasteiger partial charge in [-0.15, -0.1) is 0 Å².